The number of rotatable bonds is 11. The number of anilines is 3. The van der Waals surface area contributed by atoms with Gasteiger partial charge in [-0.1, -0.05) is 30.3 Å². The first kappa shape index (κ1) is 27.8. The molecule has 0 aromatic heterocycles. The molecule has 3 aromatic carbocycles. The minimum absolute atomic E-state index is 0.0792. The van der Waals surface area contributed by atoms with Crippen LogP contribution >= 0.6 is 0 Å². The first-order chi connectivity index (χ1) is 18.4. The molecule has 3 aromatic rings. The number of benzene rings is 3. The topological polar surface area (TPSA) is 147 Å². The first-order valence-corrected chi connectivity index (χ1v) is 12.1. The van der Waals surface area contributed by atoms with Gasteiger partial charge in [-0.15, -0.1) is 0 Å². The number of carbonyl (C=O) groups is 2. The number of hydrogen-bond donors (Lipinski definition) is 4. The molecule has 2 amide bonds. The number of para-hydroxylation sites is 2. The van der Waals surface area contributed by atoms with Gasteiger partial charge in [-0.3, -0.25) is 10.1 Å². The van der Waals surface area contributed by atoms with Gasteiger partial charge in [0.25, 0.3) is 0 Å². The molecule has 0 fully saturated rings. The zero-order valence-electron chi connectivity index (χ0n) is 21.0. The van der Waals surface area contributed by atoms with E-state index in [9.17, 15) is 14.7 Å². The van der Waals surface area contributed by atoms with Crippen LogP contribution in [0.15, 0.2) is 84.9 Å². The zero-order chi connectivity index (χ0) is 27.3. The molecule has 0 aliphatic heterocycles. The van der Waals surface area contributed by atoms with Gasteiger partial charge in [0, 0.05) is 12.3 Å². The van der Waals surface area contributed by atoms with Crippen LogP contribution in [-0.4, -0.2) is 29.8 Å². The third kappa shape index (κ3) is 8.40. The summed E-state index contributed by atoms with van der Waals surface area (Å²) in [6, 6.07) is 21.7. The Morgan fingerprint density at radius 2 is 1.76 bits per heavy atom. The number of phenolic OH excluding ortho intramolecular Hbond substituents is 1. The monoisotopic (exact) mass is 514 g/mol. The molecule has 196 valence electrons. The number of nitrogens with one attached hydrogen (secondary N) is 2. The van der Waals surface area contributed by atoms with Crippen LogP contribution in [0.1, 0.15) is 37.0 Å². The minimum atomic E-state index is -0.791. The van der Waals surface area contributed by atoms with Crippen molar-refractivity contribution < 1.29 is 24.2 Å². The quantitative estimate of drug-likeness (QED) is 0.195. The smallest absolute Gasteiger partial charge is 0.412 e. The number of nitriles is 1. The van der Waals surface area contributed by atoms with Crippen LogP contribution in [0.3, 0.4) is 0 Å². The predicted molar refractivity (Wildman–Crippen MR) is 145 cm³/mol. The Hall–Kier alpha value is -4.81. The maximum Gasteiger partial charge on any atom is 0.412 e. The molecule has 0 heterocycles. The lowest BCUT2D eigenvalue weighted by Gasteiger charge is -2.27. The summed E-state index contributed by atoms with van der Waals surface area (Å²) in [4.78, 5) is 25.0. The van der Waals surface area contributed by atoms with Gasteiger partial charge in [-0.2, -0.15) is 5.26 Å². The summed E-state index contributed by atoms with van der Waals surface area (Å²) < 4.78 is 11.7. The minimum Gasteiger partial charge on any atom is -0.508 e. The van der Waals surface area contributed by atoms with E-state index in [1.165, 1.54) is 18.2 Å². The van der Waals surface area contributed by atoms with E-state index in [4.69, 9.17) is 20.5 Å². The Bertz CT molecular complexity index is 1280. The lowest BCUT2D eigenvalue weighted by atomic mass is 10.00. The van der Waals surface area contributed by atoms with Crippen molar-refractivity contribution in [2.75, 3.05) is 23.0 Å². The van der Waals surface area contributed by atoms with E-state index in [-0.39, 0.29) is 11.7 Å². The second-order valence-electron chi connectivity index (χ2n) is 8.28. The van der Waals surface area contributed by atoms with Crippen LogP contribution in [0.5, 0.6) is 5.75 Å². The molecule has 2 atom stereocenters. The standard InChI is InChI=1S/C29H30N4O5/c1-2-37-26(9-5-6-10-27(35)33-25-8-4-3-7-24(25)31)28(21-13-17-23(34)18-14-21)38-29(36)32-22-15-11-20(19-30)12-16-22/h3-4,6-8,10-18,26,28,34H,2,5,9,31H2,1H3,(H,32,36)(H,33,35)/b10-6+/t26-,28-/m0/s1. The van der Waals surface area contributed by atoms with Crippen LogP contribution in [0, 0.1) is 11.3 Å². The fourth-order valence-corrected chi connectivity index (χ4v) is 3.69. The van der Waals surface area contributed by atoms with Crippen LogP contribution in [-0.2, 0) is 14.3 Å². The Labute approximate surface area is 221 Å². The van der Waals surface area contributed by atoms with Crippen molar-refractivity contribution >= 4 is 29.1 Å². The Balaban J connectivity index is 1.68. The van der Waals surface area contributed by atoms with Crippen molar-refractivity contribution in [1.29, 1.82) is 5.26 Å². The summed E-state index contributed by atoms with van der Waals surface area (Å²) in [5.41, 5.74) is 8.44. The third-order valence-corrected chi connectivity index (χ3v) is 5.54. The molecule has 0 saturated carbocycles. The third-order valence-electron chi connectivity index (χ3n) is 5.54. The normalized spacial score (nSPS) is 12.3. The van der Waals surface area contributed by atoms with Crippen LogP contribution < -0.4 is 16.4 Å². The van der Waals surface area contributed by atoms with Gasteiger partial charge in [0.2, 0.25) is 5.91 Å². The van der Waals surface area contributed by atoms with Crippen molar-refractivity contribution in [2.45, 2.75) is 32.0 Å². The Morgan fingerprint density at radius 3 is 2.42 bits per heavy atom. The molecule has 38 heavy (non-hydrogen) atoms. The fraction of sp³-hybridized carbons (Fsp3) is 0.207. The van der Waals surface area contributed by atoms with Crippen molar-refractivity contribution in [3.63, 3.8) is 0 Å². The molecule has 0 aliphatic rings. The highest BCUT2D eigenvalue weighted by molar-refractivity contribution is 6.01. The number of ether oxygens (including phenoxy) is 2. The van der Waals surface area contributed by atoms with E-state index in [1.54, 1.807) is 66.7 Å². The largest absolute Gasteiger partial charge is 0.508 e. The summed E-state index contributed by atoms with van der Waals surface area (Å²) in [6.45, 7) is 2.21. The molecule has 5 N–H and O–H groups in total. The van der Waals surface area contributed by atoms with Gasteiger partial charge < -0.3 is 25.6 Å². The first-order valence-electron chi connectivity index (χ1n) is 12.1. The number of allylic oxidation sites excluding steroid dienone is 1. The van der Waals surface area contributed by atoms with Gasteiger partial charge in [0.05, 0.1) is 29.1 Å². The Kier molecular flexibility index (Phi) is 10.3. The predicted octanol–water partition coefficient (Wildman–Crippen LogP) is 5.52. The molecular weight excluding hydrogens is 484 g/mol. The molecule has 0 radical (unpaired) electrons. The highest BCUT2D eigenvalue weighted by atomic mass is 16.6. The number of phenols is 1. The second-order valence-corrected chi connectivity index (χ2v) is 8.28. The molecule has 0 spiro atoms. The van der Waals surface area contributed by atoms with Crippen molar-refractivity contribution in [3.8, 4) is 11.8 Å². The second kappa shape index (κ2) is 14.1. The van der Waals surface area contributed by atoms with E-state index in [2.05, 4.69) is 10.6 Å². The van der Waals surface area contributed by atoms with Gasteiger partial charge in [0.15, 0.2) is 6.10 Å². The highest BCUT2D eigenvalue weighted by Gasteiger charge is 2.27. The van der Waals surface area contributed by atoms with E-state index >= 15 is 0 Å². The summed E-state index contributed by atoms with van der Waals surface area (Å²) in [6.07, 6.45) is 2.02. The number of carbonyl (C=O) groups excluding carboxylic acids is 2. The number of nitrogens with two attached hydrogens (primary N) is 1. The van der Waals surface area contributed by atoms with E-state index in [1.807, 2.05) is 13.0 Å². The van der Waals surface area contributed by atoms with Crippen LogP contribution in [0.2, 0.25) is 0 Å². The van der Waals surface area contributed by atoms with E-state index < -0.39 is 18.3 Å². The molecule has 0 bridgehead atoms. The SMILES string of the molecule is CCO[C@@H](CC/C=C/C(=O)Nc1ccccc1N)[C@@H](OC(=O)Nc1ccc(C#N)cc1)c1ccc(O)cc1. The van der Waals surface area contributed by atoms with Gasteiger partial charge in [-0.05, 0) is 79.9 Å². The Morgan fingerprint density at radius 1 is 1.05 bits per heavy atom. The summed E-state index contributed by atoms with van der Waals surface area (Å²) in [7, 11) is 0. The fourth-order valence-electron chi connectivity index (χ4n) is 3.69. The number of nitrogen functional groups attached to an aromatic ring is 1. The molecule has 9 heteroatoms. The van der Waals surface area contributed by atoms with E-state index in [0.717, 1.165) is 0 Å². The average Bonchev–Trinajstić information content (AvgIpc) is 2.91. The molecule has 0 saturated heterocycles. The maximum atomic E-state index is 12.8. The van der Waals surface area contributed by atoms with Gasteiger partial charge in [0.1, 0.15) is 5.75 Å². The summed E-state index contributed by atoms with van der Waals surface area (Å²) >= 11 is 0. The number of aromatic hydroxyl groups is 1. The van der Waals surface area contributed by atoms with Crippen molar-refractivity contribution in [3.05, 3.63) is 96.1 Å². The highest BCUT2D eigenvalue weighted by Crippen LogP contribution is 2.29. The van der Waals surface area contributed by atoms with Crippen molar-refractivity contribution in [1.82, 2.24) is 0 Å². The van der Waals surface area contributed by atoms with Crippen LogP contribution in [0.4, 0.5) is 21.9 Å². The van der Waals surface area contributed by atoms with E-state index in [0.29, 0.717) is 47.6 Å². The molecule has 9 nitrogen and oxygen atoms in total. The maximum absolute atomic E-state index is 12.8. The molecule has 3 rings (SSSR count). The zero-order valence-corrected chi connectivity index (χ0v) is 21.0. The number of amides is 2. The van der Waals surface area contributed by atoms with Crippen LogP contribution in [0.25, 0.3) is 0 Å². The van der Waals surface area contributed by atoms with Gasteiger partial charge >= 0.3 is 6.09 Å². The average molecular weight is 515 g/mol. The molecule has 0 aliphatic carbocycles. The summed E-state index contributed by atoms with van der Waals surface area (Å²) in [5.74, 6) is -0.237. The molecular formula is C29H30N4O5. The number of nitrogens with zero attached hydrogens (tertiary/aromatic N) is 1. The number of hydrogen-bond acceptors (Lipinski definition) is 7. The molecule has 0 unspecified atom stereocenters. The lowest BCUT2D eigenvalue weighted by Crippen LogP contribution is -2.29. The lowest BCUT2D eigenvalue weighted by molar-refractivity contribution is -0.111. The summed E-state index contributed by atoms with van der Waals surface area (Å²) in [5, 5.41) is 24.1. The van der Waals surface area contributed by atoms with Gasteiger partial charge in [-0.25, -0.2) is 4.79 Å². The van der Waals surface area contributed by atoms with Crippen molar-refractivity contribution in [2.24, 2.45) is 0 Å².